The molecule has 2 N–H and O–H groups in total. The van der Waals surface area contributed by atoms with E-state index in [1.165, 1.54) is 0 Å². The van der Waals surface area contributed by atoms with Gasteiger partial charge in [-0.1, -0.05) is 0 Å². The van der Waals surface area contributed by atoms with Crippen LogP contribution in [0.15, 0.2) is 0 Å². The van der Waals surface area contributed by atoms with Crippen LogP contribution in [0, 0.1) is 0 Å². The first-order valence-corrected chi connectivity index (χ1v) is 5.81. The first kappa shape index (κ1) is 13.6. The average Bonchev–Trinajstić information content (AvgIpc) is 2.63. The molecule has 98 valence electrons. The molecule has 1 unspecified atom stereocenters. The Bertz CT molecular complexity index is 299. The number of carbonyl (C=O) groups is 2. The van der Waals surface area contributed by atoms with Gasteiger partial charge in [-0.05, 0) is 33.6 Å². The van der Waals surface area contributed by atoms with Crippen molar-refractivity contribution in [3.05, 3.63) is 0 Å². The van der Waals surface area contributed by atoms with Crippen molar-refractivity contribution in [1.82, 2.24) is 15.5 Å². The van der Waals surface area contributed by atoms with Gasteiger partial charge in [0.15, 0.2) is 0 Å². The molecular formula is C11H21N3O3. The number of rotatable bonds is 1. The minimum absolute atomic E-state index is 0.273. The molecule has 17 heavy (non-hydrogen) atoms. The fraction of sp³-hybridized carbons (Fsp3) is 0.818. The van der Waals surface area contributed by atoms with Crippen LogP contribution in [0.4, 0.5) is 9.59 Å². The predicted octanol–water partition coefficient (Wildman–Crippen LogP) is 1.27. The van der Waals surface area contributed by atoms with Crippen molar-refractivity contribution < 1.29 is 14.3 Å². The van der Waals surface area contributed by atoms with Gasteiger partial charge >= 0.3 is 12.1 Å². The van der Waals surface area contributed by atoms with Crippen molar-refractivity contribution in [2.45, 2.75) is 45.4 Å². The Labute approximate surface area is 102 Å². The number of nitrogens with zero attached hydrogens (tertiary/aromatic N) is 1. The number of likely N-dealkylation sites (tertiary alicyclic amines) is 1. The summed E-state index contributed by atoms with van der Waals surface area (Å²) < 4.78 is 5.28. The molecule has 6 nitrogen and oxygen atoms in total. The lowest BCUT2D eigenvalue weighted by atomic mass is 10.2. The highest BCUT2D eigenvalue weighted by atomic mass is 16.6. The van der Waals surface area contributed by atoms with Crippen LogP contribution in [-0.4, -0.2) is 42.4 Å². The summed E-state index contributed by atoms with van der Waals surface area (Å²) in [5.41, 5.74) is -0.517. The Balaban J connectivity index is 2.57. The molecule has 1 fully saturated rings. The zero-order valence-corrected chi connectivity index (χ0v) is 10.9. The van der Waals surface area contributed by atoms with Gasteiger partial charge < -0.3 is 15.4 Å². The summed E-state index contributed by atoms with van der Waals surface area (Å²) in [5, 5.41) is 5.19. The van der Waals surface area contributed by atoms with Crippen LogP contribution in [0.1, 0.15) is 33.6 Å². The Morgan fingerprint density at radius 2 is 2.00 bits per heavy atom. The number of hydrogen-bond donors (Lipinski definition) is 2. The van der Waals surface area contributed by atoms with Crippen molar-refractivity contribution in [2.75, 3.05) is 13.6 Å². The molecule has 3 amide bonds. The molecule has 1 aliphatic heterocycles. The molecule has 0 bridgehead atoms. The van der Waals surface area contributed by atoms with Crippen molar-refractivity contribution in [1.29, 1.82) is 0 Å². The maximum atomic E-state index is 11.9. The standard InChI is InChI=1S/C11H21N3O3/c1-11(2,3)17-10(16)14-7-5-6-8(14)13-9(15)12-4/h8H,5-7H2,1-4H3,(H2,12,13,15). The maximum Gasteiger partial charge on any atom is 0.411 e. The SMILES string of the molecule is CNC(=O)NC1CCCN1C(=O)OC(C)(C)C. The van der Waals surface area contributed by atoms with Crippen LogP contribution < -0.4 is 10.6 Å². The second-order valence-electron chi connectivity index (χ2n) is 5.06. The van der Waals surface area contributed by atoms with E-state index in [0.717, 1.165) is 12.8 Å². The topological polar surface area (TPSA) is 70.7 Å². The number of urea groups is 1. The maximum absolute atomic E-state index is 11.9. The summed E-state index contributed by atoms with van der Waals surface area (Å²) in [6.45, 7) is 6.08. The summed E-state index contributed by atoms with van der Waals surface area (Å²) in [6, 6.07) is -0.287. The van der Waals surface area contributed by atoms with Crippen molar-refractivity contribution in [3.63, 3.8) is 0 Å². The number of ether oxygens (including phenoxy) is 1. The van der Waals surface area contributed by atoms with Gasteiger partial charge in [0.2, 0.25) is 0 Å². The molecule has 0 spiro atoms. The lowest BCUT2D eigenvalue weighted by Gasteiger charge is -2.28. The van der Waals surface area contributed by atoms with Gasteiger partial charge in [0.1, 0.15) is 11.8 Å². The van der Waals surface area contributed by atoms with Gasteiger partial charge in [0.05, 0.1) is 0 Å². The molecule has 1 rings (SSSR count). The van der Waals surface area contributed by atoms with E-state index in [-0.39, 0.29) is 18.3 Å². The Morgan fingerprint density at radius 1 is 1.35 bits per heavy atom. The molecule has 0 aromatic carbocycles. The largest absolute Gasteiger partial charge is 0.444 e. The van der Waals surface area contributed by atoms with Crippen molar-refractivity contribution in [3.8, 4) is 0 Å². The molecule has 0 radical (unpaired) electrons. The molecule has 6 heteroatoms. The Hall–Kier alpha value is -1.46. The first-order valence-electron chi connectivity index (χ1n) is 5.81. The third kappa shape index (κ3) is 4.13. The summed E-state index contributed by atoms with van der Waals surface area (Å²) in [4.78, 5) is 24.6. The highest BCUT2D eigenvalue weighted by Crippen LogP contribution is 2.18. The third-order valence-corrected chi connectivity index (χ3v) is 2.41. The van der Waals surface area contributed by atoms with Crippen LogP contribution in [0.2, 0.25) is 0 Å². The quantitative estimate of drug-likeness (QED) is 0.728. The molecule has 0 aliphatic carbocycles. The Kier molecular flexibility index (Phi) is 4.20. The molecule has 0 aromatic rings. The Morgan fingerprint density at radius 3 is 2.53 bits per heavy atom. The van der Waals surface area contributed by atoms with E-state index in [4.69, 9.17) is 4.74 Å². The minimum atomic E-state index is -0.517. The molecule has 0 saturated carbocycles. The van der Waals surface area contributed by atoms with Crippen LogP contribution in [0.25, 0.3) is 0 Å². The molecule has 1 saturated heterocycles. The number of nitrogens with one attached hydrogen (secondary N) is 2. The van der Waals surface area contributed by atoms with Gasteiger partial charge in [-0.3, -0.25) is 4.90 Å². The summed E-state index contributed by atoms with van der Waals surface area (Å²) in [7, 11) is 1.54. The molecule has 1 heterocycles. The van der Waals surface area contributed by atoms with E-state index in [2.05, 4.69) is 10.6 Å². The molecule has 1 atom stereocenters. The summed E-state index contributed by atoms with van der Waals surface area (Å²) in [5.74, 6) is 0. The summed E-state index contributed by atoms with van der Waals surface area (Å²) >= 11 is 0. The average molecular weight is 243 g/mol. The first-order chi connectivity index (χ1) is 7.83. The smallest absolute Gasteiger partial charge is 0.411 e. The number of carbonyl (C=O) groups excluding carboxylic acids is 2. The van der Waals surface area contributed by atoms with E-state index in [0.29, 0.717) is 6.54 Å². The fourth-order valence-electron chi connectivity index (χ4n) is 1.68. The van der Waals surface area contributed by atoms with Gasteiger partial charge in [-0.2, -0.15) is 0 Å². The zero-order valence-electron chi connectivity index (χ0n) is 10.9. The number of hydrogen-bond acceptors (Lipinski definition) is 3. The molecular weight excluding hydrogens is 222 g/mol. The van der Waals surface area contributed by atoms with Crippen LogP contribution in [0.3, 0.4) is 0 Å². The third-order valence-electron chi connectivity index (χ3n) is 2.41. The van der Waals surface area contributed by atoms with E-state index in [1.54, 1.807) is 11.9 Å². The van der Waals surface area contributed by atoms with Crippen molar-refractivity contribution >= 4 is 12.1 Å². The normalized spacial score (nSPS) is 20.0. The predicted molar refractivity (Wildman–Crippen MR) is 63.6 cm³/mol. The van der Waals surface area contributed by atoms with Gasteiger partial charge in [0.25, 0.3) is 0 Å². The summed E-state index contributed by atoms with van der Waals surface area (Å²) in [6.07, 6.45) is 0.974. The van der Waals surface area contributed by atoms with Crippen molar-refractivity contribution in [2.24, 2.45) is 0 Å². The van der Waals surface area contributed by atoms with Gasteiger partial charge in [-0.15, -0.1) is 0 Å². The van der Waals surface area contributed by atoms with E-state index >= 15 is 0 Å². The lowest BCUT2D eigenvalue weighted by molar-refractivity contribution is 0.0211. The van der Waals surface area contributed by atoms with E-state index in [9.17, 15) is 9.59 Å². The second kappa shape index (κ2) is 5.25. The monoisotopic (exact) mass is 243 g/mol. The van der Waals surface area contributed by atoms with Crippen LogP contribution in [-0.2, 0) is 4.74 Å². The number of amides is 3. The molecule has 1 aliphatic rings. The van der Waals surface area contributed by atoms with E-state index in [1.807, 2.05) is 20.8 Å². The molecule has 0 aromatic heterocycles. The van der Waals surface area contributed by atoms with Crippen LogP contribution in [0.5, 0.6) is 0 Å². The zero-order chi connectivity index (χ0) is 13.1. The highest BCUT2D eigenvalue weighted by Gasteiger charge is 2.32. The highest BCUT2D eigenvalue weighted by molar-refractivity contribution is 5.75. The lowest BCUT2D eigenvalue weighted by Crippen LogP contribution is -2.50. The van der Waals surface area contributed by atoms with Crippen LogP contribution >= 0.6 is 0 Å². The van der Waals surface area contributed by atoms with Gasteiger partial charge in [-0.25, -0.2) is 9.59 Å². The second-order valence-corrected chi connectivity index (χ2v) is 5.06. The van der Waals surface area contributed by atoms with Gasteiger partial charge in [0, 0.05) is 13.6 Å². The minimum Gasteiger partial charge on any atom is -0.444 e. The fourth-order valence-corrected chi connectivity index (χ4v) is 1.68. The van der Waals surface area contributed by atoms with E-state index < -0.39 is 5.60 Å².